The van der Waals surface area contributed by atoms with Crippen molar-refractivity contribution in [3.8, 4) is 0 Å². The van der Waals surface area contributed by atoms with Gasteiger partial charge in [-0.1, -0.05) is 0 Å². The number of hydrogen-bond donors (Lipinski definition) is 1. The Hall–Kier alpha value is -0.130. The van der Waals surface area contributed by atoms with Crippen molar-refractivity contribution in [1.82, 2.24) is 5.32 Å². The molecule has 0 aromatic rings. The molecule has 2 atom stereocenters. The van der Waals surface area contributed by atoms with Crippen LogP contribution in [0.25, 0.3) is 0 Å². The fraction of sp³-hybridized carbons (Fsp3) is 1.00. The van der Waals surface area contributed by atoms with Crippen molar-refractivity contribution in [2.45, 2.75) is 32.0 Å². The van der Waals surface area contributed by atoms with E-state index < -0.39 is 9.84 Å². The van der Waals surface area contributed by atoms with Gasteiger partial charge < -0.3 is 4.74 Å². The van der Waals surface area contributed by atoms with Gasteiger partial charge in [0, 0.05) is 12.0 Å². The Kier molecular flexibility index (Phi) is 2.81. The van der Waals surface area contributed by atoms with Gasteiger partial charge in [-0.05, 0) is 19.8 Å². The fourth-order valence-electron chi connectivity index (χ4n) is 2.11. The van der Waals surface area contributed by atoms with Gasteiger partial charge in [-0.15, -0.1) is 0 Å². The van der Waals surface area contributed by atoms with E-state index >= 15 is 0 Å². The van der Waals surface area contributed by atoms with Gasteiger partial charge >= 0.3 is 0 Å². The first kappa shape index (κ1) is 10.4. The highest BCUT2D eigenvalue weighted by atomic mass is 32.2. The van der Waals surface area contributed by atoms with E-state index in [1.165, 1.54) is 0 Å². The van der Waals surface area contributed by atoms with E-state index in [-0.39, 0.29) is 6.23 Å². The second-order valence-electron chi connectivity index (χ2n) is 4.31. The molecule has 0 amide bonds. The zero-order valence-electron chi connectivity index (χ0n) is 8.40. The summed E-state index contributed by atoms with van der Waals surface area (Å²) in [5.74, 6) is 1.03. The predicted molar refractivity (Wildman–Crippen MR) is 53.7 cm³/mol. The molecular formula is C9H17NO3S. The third-order valence-electron chi connectivity index (χ3n) is 3.00. The summed E-state index contributed by atoms with van der Waals surface area (Å²) in [5.41, 5.74) is 0. The standard InChI is InChI=1S/C9H17NO3S/c1-7-6-13-9(10-7)8-2-4-14(11,12)5-3-8/h7-10H,2-6H2,1H3. The summed E-state index contributed by atoms with van der Waals surface area (Å²) in [4.78, 5) is 0. The van der Waals surface area contributed by atoms with Crippen molar-refractivity contribution in [1.29, 1.82) is 0 Å². The van der Waals surface area contributed by atoms with Crippen LogP contribution in [0.2, 0.25) is 0 Å². The van der Waals surface area contributed by atoms with Crippen LogP contribution < -0.4 is 5.32 Å². The van der Waals surface area contributed by atoms with Crippen LogP contribution in [0.4, 0.5) is 0 Å². The average molecular weight is 219 g/mol. The predicted octanol–water partition coefficient (Wildman–Crippen LogP) is 0.146. The molecule has 0 aromatic heterocycles. The Labute approximate surface area is 84.9 Å². The molecule has 2 aliphatic heterocycles. The van der Waals surface area contributed by atoms with Gasteiger partial charge in [0.05, 0.1) is 18.1 Å². The van der Waals surface area contributed by atoms with E-state index in [0.29, 0.717) is 23.5 Å². The summed E-state index contributed by atoms with van der Waals surface area (Å²) in [6, 6.07) is 0.401. The highest BCUT2D eigenvalue weighted by molar-refractivity contribution is 7.91. The van der Waals surface area contributed by atoms with E-state index in [1.54, 1.807) is 0 Å². The third-order valence-corrected chi connectivity index (χ3v) is 4.72. The summed E-state index contributed by atoms with van der Waals surface area (Å²) in [6.45, 7) is 2.83. The Morgan fingerprint density at radius 3 is 2.43 bits per heavy atom. The summed E-state index contributed by atoms with van der Waals surface area (Å²) >= 11 is 0. The zero-order chi connectivity index (χ0) is 10.2. The first-order valence-electron chi connectivity index (χ1n) is 5.15. The van der Waals surface area contributed by atoms with E-state index in [1.807, 2.05) is 0 Å². The highest BCUT2D eigenvalue weighted by Crippen LogP contribution is 2.25. The van der Waals surface area contributed by atoms with Crippen molar-refractivity contribution in [3.05, 3.63) is 0 Å². The van der Waals surface area contributed by atoms with E-state index in [9.17, 15) is 8.42 Å². The lowest BCUT2D eigenvalue weighted by Gasteiger charge is -2.26. The molecule has 1 N–H and O–H groups in total. The van der Waals surface area contributed by atoms with Crippen molar-refractivity contribution >= 4 is 9.84 Å². The van der Waals surface area contributed by atoms with Crippen molar-refractivity contribution in [2.75, 3.05) is 18.1 Å². The molecule has 0 bridgehead atoms. The molecule has 0 saturated carbocycles. The molecule has 2 fully saturated rings. The molecule has 0 spiro atoms. The molecule has 2 rings (SSSR count). The van der Waals surface area contributed by atoms with Crippen LogP contribution in [-0.2, 0) is 14.6 Å². The monoisotopic (exact) mass is 219 g/mol. The smallest absolute Gasteiger partial charge is 0.150 e. The maximum Gasteiger partial charge on any atom is 0.150 e. The van der Waals surface area contributed by atoms with Crippen LogP contribution in [0, 0.1) is 5.92 Å². The van der Waals surface area contributed by atoms with Crippen molar-refractivity contribution < 1.29 is 13.2 Å². The Balaban J connectivity index is 1.89. The minimum atomic E-state index is -2.74. The van der Waals surface area contributed by atoms with Gasteiger partial charge in [-0.25, -0.2) is 8.42 Å². The van der Waals surface area contributed by atoms with Gasteiger partial charge in [0.2, 0.25) is 0 Å². The minimum absolute atomic E-state index is 0.0838. The molecule has 2 unspecified atom stereocenters. The van der Waals surface area contributed by atoms with E-state index in [4.69, 9.17) is 4.74 Å². The molecule has 2 aliphatic rings. The highest BCUT2D eigenvalue weighted by Gasteiger charge is 2.33. The number of sulfone groups is 1. The van der Waals surface area contributed by atoms with Crippen molar-refractivity contribution in [2.24, 2.45) is 5.92 Å². The Bertz CT molecular complexity index is 287. The summed E-state index contributed by atoms with van der Waals surface area (Å²) in [6.07, 6.45) is 1.57. The number of ether oxygens (including phenoxy) is 1. The molecule has 0 radical (unpaired) electrons. The summed E-state index contributed by atoms with van der Waals surface area (Å²) in [5, 5.41) is 3.33. The van der Waals surface area contributed by atoms with Gasteiger partial charge in [0.25, 0.3) is 0 Å². The van der Waals surface area contributed by atoms with Gasteiger partial charge in [-0.2, -0.15) is 0 Å². The quantitative estimate of drug-likeness (QED) is 0.682. The van der Waals surface area contributed by atoms with Crippen molar-refractivity contribution in [3.63, 3.8) is 0 Å². The van der Waals surface area contributed by atoms with Crippen LogP contribution in [0.3, 0.4) is 0 Å². The first-order valence-corrected chi connectivity index (χ1v) is 6.97. The van der Waals surface area contributed by atoms with E-state index in [0.717, 1.165) is 19.4 Å². The Morgan fingerprint density at radius 1 is 1.29 bits per heavy atom. The number of rotatable bonds is 1. The topological polar surface area (TPSA) is 55.4 Å². The van der Waals surface area contributed by atoms with Crippen LogP contribution in [0.5, 0.6) is 0 Å². The molecule has 2 heterocycles. The molecule has 14 heavy (non-hydrogen) atoms. The van der Waals surface area contributed by atoms with Crippen LogP contribution in [-0.4, -0.2) is 38.8 Å². The summed E-state index contributed by atoms with van der Waals surface area (Å²) < 4.78 is 28.0. The number of nitrogens with one attached hydrogen (secondary N) is 1. The van der Waals surface area contributed by atoms with Crippen LogP contribution in [0.15, 0.2) is 0 Å². The third kappa shape index (κ3) is 2.27. The molecule has 2 saturated heterocycles. The molecule has 0 aromatic carbocycles. The largest absolute Gasteiger partial charge is 0.361 e. The lowest BCUT2D eigenvalue weighted by Crippen LogP contribution is -2.39. The SMILES string of the molecule is CC1COC(C2CCS(=O)(=O)CC2)N1. The second-order valence-corrected chi connectivity index (χ2v) is 6.61. The molecule has 5 heteroatoms. The molecule has 0 aliphatic carbocycles. The maximum absolute atomic E-state index is 11.2. The lowest BCUT2D eigenvalue weighted by atomic mass is 10.0. The van der Waals surface area contributed by atoms with Gasteiger partial charge in [0.1, 0.15) is 16.1 Å². The Morgan fingerprint density at radius 2 is 1.93 bits per heavy atom. The maximum atomic E-state index is 11.2. The molecular weight excluding hydrogens is 202 g/mol. The second kappa shape index (κ2) is 3.79. The van der Waals surface area contributed by atoms with Gasteiger partial charge in [0.15, 0.2) is 0 Å². The first-order chi connectivity index (χ1) is 6.57. The zero-order valence-corrected chi connectivity index (χ0v) is 9.22. The average Bonchev–Trinajstić information content (AvgIpc) is 2.52. The minimum Gasteiger partial charge on any atom is -0.361 e. The van der Waals surface area contributed by atoms with Gasteiger partial charge in [-0.3, -0.25) is 5.32 Å². The molecule has 82 valence electrons. The van der Waals surface area contributed by atoms with E-state index in [2.05, 4.69) is 12.2 Å². The molecule has 4 nitrogen and oxygen atoms in total. The number of hydrogen-bond acceptors (Lipinski definition) is 4. The summed E-state index contributed by atoms with van der Waals surface area (Å²) in [7, 11) is -2.74. The van der Waals surface area contributed by atoms with Crippen LogP contribution >= 0.6 is 0 Å². The van der Waals surface area contributed by atoms with Crippen LogP contribution in [0.1, 0.15) is 19.8 Å². The lowest BCUT2D eigenvalue weighted by molar-refractivity contribution is 0.0478. The fourth-order valence-corrected chi connectivity index (χ4v) is 3.64. The normalized spacial score (nSPS) is 38.6.